The summed E-state index contributed by atoms with van der Waals surface area (Å²) in [6.07, 6.45) is 0. The molecule has 3 rings (SSSR count). The molecule has 112 valence electrons. The van der Waals surface area contributed by atoms with Gasteiger partial charge in [-0.1, -0.05) is 0 Å². The fourth-order valence-electron chi connectivity index (χ4n) is 2.10. The number of hydrogen-bond donors (Lipinski definition) is 5. The quantitative estimate of drug-likeness (QED) is 0.343. The van der Waals surface area contributed by atoms with Crippen LogP contribution in [0.2, 0.25) is 0 Å². The van der Waals surface area contributed by atoms with Crippen LogP contribution in [0.1, 0.15) is 0 Å². The standard InChI is InChI=1S/C15H10O7/c16-6-1-2-7-12(3-6)22-15(14(21)13(7)20)8-4-10(18)11(19)5-9(8)17/h1-5,16-19,21H. The Hall–Kier alpha value is -3.35. The van der Waals surface area contributed by atoms with E-state index in [9.17, 15) is 30.3 Å². The molecular weight excluding hydrogens is 292 g/mol. The van der Waals surface area contributed by atoms with Gasteiger partial charge in [0.1, 0.15) is 17.1 Å². The molecule has 2 aromatic carbocycles. The SMILES string of the molecule is O=c1c(O)c(-c2cc(O)c(O)cc2O)oc2cc(O)ccc12. The molecule has 0 spiro atoms. The van der Waals surface area contributed by atoms with Gasteiger partial charge in [0.25, 0.3) is 0 Å². The van der Waals surface area contributed by atoms with E-state index in [2.05, 4.69) is 0 Å². The van der Waals surface area contributed by atoms with Gasteiger partial charge in [0.15, 0.2) is 17.3 Å². The lowest BCUT2D eigenvalue weighted by Gasteiger charge is -2.09. The minimum absolute atomic E-state index is 0.00948. The molecular formula is C15H10O7. The third-order valence-corrected chi connectivity index (χ3v) is 3.19. The average molecular weight is 302 g/mol. The molecule has 0 saturated carbocycles. The fraction of sp³-hybridized carbons (Fsp3) is 0. The first-order valence-electron chi connectivity index (χ1n) is 6.12. The number of phenolic OH excluding ortho intramolecular Hbond substituents is 4. The third-order valence-electron chi connectivity index (χ3n) is 3.19. The van der Waals surface area contributed by atoms with E-state index in [-0.39, 0.29) is 22.3 Å². The van der Waals surface area contributed by atoms with Gasteiger partial charge in [-0.3, -0.25) is 4.79 Å². The second-order valence-electron chi connectivity index (χ2n) is 4.65. The molecule has 22 heavy (non-hydrogen) atoms. The normalized spacial score (nSPS) is 10.9. The first-order valence-corrected chi connectivity index (χ1v) is 6.12. The molecule has 7 nitrogen and oxygen atoms in total. The van der Waals surface area contributed by atoms with E-state index >= 15 is 0 Å². The van der Waals surface area contributed by atoms with Crippen molar-refractivity contribution in [3.8, 4) is 40.1 Å². The number of rotatable bonds is 1. The van der Waals surface area contributed by atoms with E-state index in [1.807, 2.05) is 0 Å². The molecule has 0 atom stereocenters. The maximum absolute atomic E-state index is 12.1. The van der Waals surface area contributed by atoms with Crippen molar-refractivity contribution in [1.29, 1.82) is 0 Å². The lowest BCUT2D eigenvalue weighted by molar-refractivity contribution is 0.395. The van der Waals surface area contributed by atoms with Crippen LogP contribution in [-0.2, 0) is 0 Å². The van der Waals surface area contributed by atoms with Crippen molar-refractivity contribution in [2.45, 2.75) is 0 Å². The van der Waals surface area contributed by atoms with Crippen LogP contribution in [0.15, 0.2) is 39.5 Å². The molecule has 1 heterocycles. The Morgan fingerprint density at radius 1 is 0.818 bits per heavy atom. The van der Waals surface area contributed by atoms with Crippen LogP contribution in [0.5, 0.6) is 28.7 Å². The van der Waals surface area contributed by atoms with Crippen LogP contribution in [0.25, 0.3) is 22.3 Å². The van der Waals surface area contributed by atoms with Gasteiger partial charge in [0.2, 0.25) is 11.2 Å². The van der Waals surface area contributed by atoms with Crippen molar-refractivity contribution in [2.24, 2.45) is 0 Å². The van der Waals surface area contributed by atoms with Crippen LogP contribution in [0, 0.1) is 0 Å². The lowest BCUT2D eigenvalue weighted by Crippen LogP contribution is -2.02. The van der Waals surface area contributed by atoms with E-state index in [0.29, 0.717) is 0 Å². The summed E-state index contributed by atoms with van der Waals surface area (Å²) in [4.78, 5) is 12.1. The summed E-state index contributed by atoms with van der Waals surface area (Å²) in [6.45, 7) is 0. The molecule has 0 fully saturated rings. The van der Waals surface area contributed by atoms with E-state index in [1.54, 1.807) is 0 Å². The monoisotopic (exact) mass is 302 g/mol. The molecule has 0 aliphatic carbocycles. The smallest absolute Gasteiger partial charge is 0.235 e. The highest BCUT2D eigenvalue weighted by atomic mass is 16.4. The maximum Gasteiger partial charge on any atom is 0.235 e. The molecule has 0 aliphatic heterocycles. The largest absolute Gasteiger partial charge is 0.508 e. The molecule has 7 heteroatoms. The zero-order chi connectivity index (χ0) is 16.0. The predicted octanol–water partition coefficient (Wildman–Crippen LogP) is 1.99. The number of aromatic hydroxyl groups is 5. The topological polar surface area (TPSA) is 131 Å². The van der Waals surface area contributed by atoms with E-state index in [1.165, 1.54) is 18.2 Å². The van der Waals surface area contributed by atoms with Gasteiger partial charge in [-0.25, -0.2) is 0 Å². The summed E-state index contributed by atoms with van der Waals surface area (Å²) < 4.78 is 5.35. The van der Waals surface area contributed by atoms with E-state index in [4.69, 9.17) is 4.42 Å². The highest BCUT2D eigenvalue weighted by Crippen LogP contribution is 2.41. The summed E-state index contributed by atoms with van der Waals surface area (Å²) in [7, 11) is 0. The number of phenols is 4. The zero-order valence-electron chi connectivity index (χ0n) is 10.9. The van der Waals surface area contributed by atoms with Crippen LogP contribution >= 0.6 is 0 Å². The summed E-state index contributed by atoms with van der Waals surface area (Å²) >= 11 is 0. The van der Waals surface area contributed by atoms with Crippen LogP contribution in [0.3, 0.4) is 0 Å². The summed E-state index contributed by atoms with van der Waals surface area (Å²) in [5.74, 6) is -2.94. The number of fused-ring (bicyclic) bond motifs is 1. The van der Waals surface area contributed by atoms with Gasteiger partial charge in [-0.05, 0) is 18.2 Å². The third kappa shape index (κ3) is 1.96. The van der Waals surface area contributed by atoms with Crippen molar-refractivity contribution in [1.82, 2.24) is 0 Å². The van der Waals surface area contributed by atoms with Gasteiger partial charge in [0.05, 0.1) is 10.9 Å². The van der Waals surface area contributed by atoms with Crippen molar-refractivity contribution in [3.63, 3.8) is 0 Å². The Kier molecular flexibility index (Phi) is 2.84. The second-order valence-corrected chi connectivity index (χ2v) is 4.65. The number of hydrogen-bond acceptors (Lipinski definition) is 7. The molecule has 1 aromatic heterocycles. The summed E-state index contributed by atoms with van der Waals surface area (Å²) in [5.41, 5.74) is -0.955. The molecule has 5 N–H and O–H groups in total. The Balaban J connectivity index is 2.39. The average Bonchev–Trinajstić information content (AvgIpc) is 2.47. The van der Waals surface area contributed by atoms with Crippen molar-refractivity contribution in [3.05, 3.63) is 40.6 Å². The first kappa shape index (κ1) is 13.6. The highest BCUT2D eigenvalue weighted by molar-refractivity contribution is 5.84. The molecule has 0 unspecified atom stereocenters. The van der Waals surface area contributed by atoms with Gasteiger partial charge < -0.3 is 29.9 Å². The molecule has 0 bridgehead atoms. The van der Waals surface area contributed by atoms with E-state index < -0.39 is 34.2 Å². The fourth-order valence-corrected chi connectivity index (χ4v) is 2.10. The minimum Gasteiger partial charge on any atom is -0.508 e. The van der Waals surface area contributed by atoms with Crippen molar-refractivity contribution >= 4 is 11.0 Å². The summed E-state index contributed by atoms with van der Waals surface area (Å²) in [5, 5.41) is 48.1. The number of benzene rings is 2. The van der Waals surface area contributed by atoms with Gasteiger partial charge in [0, 0.05) is 12.1 Å². The van der Waals surface area contributed by atoms with Gasteiger partial charge >= 0.3 is 0 Å². The first-order chi connectivity index (χ1) is 10.4. The van der Waals surface area contributed by atoms with Crippen LogP contribution in [0.4, 0.5) is 0 Å². The maximum atomic E-state index is 12.1. The second kappa shape index (κ2) is 4.59. The molecule has 0 radical (unpaired) electrons. The molecule has 3 aromatic rings. The van der Waals surface area contributed by atoms with Crippen molar-refractivity contribution < 1.29 is 29.9 Å². The Morgan fingerprint density at radius 3 is 2.23 bits per heavy atom. The van der Waals surface area contributed by atoms with Gasteiger partial charge in [-0.2, -0.15) is 0 Å². The minimum atomic E-state index is -0.765. The van der Waals surface area contributed by atoms with Crippen LogP contribution < -0.4 is 5.43 Å². The molecule has 0 saturated heterocycles. The predicted molar refractivity (Wildman–Crippen MR) is 76.2 cm³/mol. The van der Waals surface area contributed by atoms with Crippen LogP contribution in [-0.4, -0.2) is 25.5 Å². The molecule has 0 aliphatic rings. The Bertz CT molecular complexity index is 956. The lowest BCUT2D eigenvalue weighted by atomic mass is 10.1. The zero-order valence-corrected chi connectivity index (χ0v) is 10.9. The highest BCUT2D eigenvalue weighted by Gasteiger charge is 2.20. The Labute approximate surface area is 122 Å². The Morgan fingerprint density at radius 2 is 1.50 bits per heavy atom. The summed E-state index contributed by atoms with van der Waals surface area (Å²) in [6, 6.07) is 5.52. The van der Waals surface area contributed by atoms with Gasteiger partial charge in [-0.15, -0.1) is 0 Å². The molecule has 0 amide bonds. The van der Waals surface area contributed by atoms with Crippen molar-refractivity contribution in [2.75, 3.05) is 0 Å². The van der Waals surface area contributed by atoms with E-state index in [0.717, 1.165) is 12.1 Å².